The second kappa shape index (κ2) is 5.11. The van der Waals surface area contributed by atoms with Crippen LogP contribution >= 0.6 is 15.9 Å². The molecule has 0 spiro atoms. The number of carbonyl (C=O) groups excluding carboxylic acids is 1. The molecule has 0 aliphatic rings. The van der Waals surface area contributed by atoms with E-state index >= 15 is 0 Å². The minimum absolute atomic E-state index is 0.0219. The van der Waals surface area contributed by atoms with Gasteiger partial charge in [-0.1, -0.05) is 41.1 Å². The molecule has 2 heteroatoms. The Bertz CT molecular complexity index is 327. The van der Waals surface area contributed by atoms with Gasteiger partial charge in [0.2, 0.25) is 0 Å². The Labute approximate surface area is 93.0 Å². The predicted octanol–water partition coefficient (Wildman–Crippen LogP) is 3.84. The van der Waals surface area contributed by atoms with Gasteiger partial charge in [-0.25, -0.2) is 0 Å². The fraction of sp³-hybridized carbons (Fsp3) is 0.250. The molecule has 0 N–H and O–H groups in total. The van der Waals surface area contributed by atoms with E-state index in [2.05, 4.69) is 22.5 Å². The largest absolute Gasteiger partial charge is 0.294 e. The zero-order valence-electron chi connectivity index (χ0n) is 8.16. The number of allylic oxidation sites excluding steroid dienone is 1. The van der Waals surface area contributed by atoms with Gasteiger partial charge in [0.1, 0.15) is 0 Å². The number of benzene rings is 1. The van der Waals surface area contributed by atoms with Crippen LogP contribution in [0.3, 0.4) is 0 Å². The van der Waals surface area contributed by atoms with Crippen molar-refractivity contribution in [2.24, 2.45) is 5.92 Å². The van der Waals surface area contributed by atoms with Crippen LogP contribution in [0.1, 0.15) is 23.7 Å². The molecule has 14 heavy (non-hydrogen) atoms. The average Bonchev–Trinajstić information content (AvgIpc) is 2.18. The van der Waals surface area contributed by atoms with E-state index in [1.54, 1.807) is 6.08 Å². The predicted molar refractivity (Wildman–Crippen MR) is 62.5 cm³/mol. The summed E-state index contributed by atoms with van der Waals surface area (Å²) >= 11 is 3.33. The molecule has 0 saturated heterocycles. The van der Waals surface area contributed by atoms with Crippen LogP contribution in [-0.4, -0.2) is 5.78 Å². The summed E-state index contributed by atoms with van der Waals surface area (Å²) in [6.45, 7) is 5.55. The molecule has 0 radical (unpaired) electrons. The topological polar surface area (TPSA) is 17.1 Å². The number of carbonyl (C=O) groups is 1. The maximum Gasteiger partial charge on any atom is 0.165 e. The lowest BCUT2D eigenvalue weighted by molar-refractivity contribution is 0.0931. The van der Waals surface area contributed by atoms with E-state index in [0.717, 1.165) is 16.5 Å². The SMILES string of the molecule is C=CC[C@H](C)C(=O)c1ccc(Br)cc1. The molecule has 0 unspecified atom stereocenters. The van der Waals surface area contributed by atoms with Gasteiger partial charge in [0.05, 0.1) is 0 Å². The van der Waals surface area contributed by atoms with Crippen LogP contribution < -0.4 is 0 Å². The maximum atomic E-state index is 11.8. The van der Waals surface area contributed by atoms with Gasteiger partial charge in [0.15, 0.2) is 5.78 Å². The first-order chi connectivity index (χ1) is 6.65. The van der Waals surface area contributed by atoms with Gasteiger partial charge in [-0.2, -0.15) is 0 Å². The second-order valence-electron chi connectivity index (χ2n) is 3.30. The van der Waals surface area contributed by atoms with Gasteiger partial charge in [-0.3, -0.25) is 4.79 Å². The van der Waals surface area contributed by atoms with Crippen molar-refractivity contribution in [3.63, 3.8) is 0 Å². The first-order valence-corrected chi connectivity index (χ1v) is 5.35. The molecule has 0 aliphatic carbocycles. The highest BCUT2D eigenvalue weighted by Crippen LogP contribution is 2.15. The number of ketones is 1. The van der Waals surface area contributed by atoms with E-state index in [0.29, 0.717) is 0 Å². The summed E-state index contributed by atoms with van der Waals surface area (Å²) in [6, 6.07) is 7.44. The molecule has 0 fully saturated rings. The number of Topliss-reactive ketones (excluding diaryl/α,β-unsaturated/α-hetero) is 1. The van der Waals surface area contributed by atoms with Gasteiger partial charge >= 0.3 is 0 Å². The van der Waals surface area contributed by atoms with Gasteiger partial charge < -0.3 is 0 Å². The van der Waals surface area contributed by atoms with E-state index < -0.39 is 0 Å². The lowest BCUT2D eigenvalue weighted by Gasteiger charge is -2.07. The zero-order valence-corrected chi connectivity index (χ0v) is 9.75. The molecule has 0 aromatic heterocycles. The Hall–Kier alpha value is -0.890. The summed E-state index contributed by atoms with van der Waals surface area (Å²) in [5.41, 5.74) is 0.766. The van der Waals surface area contributed by atoms with Crippen molar-refractivity contribution in [3.05, 3.63) is 47.0 Å². The fourth-order valence-corrected chi connectivity index (χ4v) is 1.52. The lowest BCUT2D eigenvalue weighted by atomic mass is 9.97. The van der Waals surface area contributed by atoms with E-state index in [1.165, 1.54) is 0 Å². The molecular formula is C12H13BrO. The molecular weight excluding hydrogens is 240 g/mol. The van der Waals surface area contributed by atoms with Crippen LogP contribution in [0, 0.1) is 5.92 Å². The standard InChI is InChI=1S/C12H13BrO/c1-3-4-9(2)12(14)10-5-7-11(13)8-6-10/h3,5-9H,1,4H2,2H3/t9-/m0/s1. The summed E-state index contributed by atoms with van der Waals surface area (Å²) in [5, 5.41) is 0. The molecule has 0 saturated carbocycles. The van der Waals surface area contributed by atoms with E-state index in [-0.39, 0.29) is 11.7 Å². The van der Waals surface area contributed by atoms with Crippen LogP contribution in [0.5, 0.6) is 0 Å². The van der Waals surface area contributed by atoms with Crippen molar-refractivity contribution in [2.75, 3.05) is 0 Å². The molecule has 1 atom stereocenters. The third-order valence-electron chi connectivity index (χ3n) is 2.10. The Kier molecular flexibility index (Phi) is 4.08. The molecule has 0 amide bonds. The molecule has 0 aliphatic heterocycles. The van der Waals surface area contributed by atoms with Crippen LogP contribution in [0.15, 0.2) is 41.4 Å². The lowest BCUT2D eigenvalue weighted by Crippen LogP contribution is -2.10. The number of hydrogen-bond donors (Lipinski definition) is 0. The maximum absolute atomic E-state index is 11.8. The Balaban J connectivity index is 2.78. The number of halogens is 1. The van der Waals surface area contributed by atoms with Crippen molar-refractivity contribution in [1.82, 2.24) is 0 Å². The normalized spacial score (nSPS) is 12.1. The van der Waals surface area contributed by atoms with Gasteiger partial charge in [-0.15, -0.1) is 6.58 Å². The van der Waals surface area contributed by atoms with Crippen LogP contribution in [0.2, 0.25) is 0 Å². The van der Waals surface area contributed by atoms with Crippen molar-refractivity contribution in [3.8, 4) is 0 Å². The van der Waals surface area contributed by atoms with Gasteiger partial charge in [-0.05, 0) is 18.6 Å². The summed E-state index contributed by atoms with van der Waals surface area (Å²) in [6.07, 6.45) is 2.51. The minimum atomic E-state index is 0.0219. The summed E-state index contributed by atoms with van der Waals surface area (Å²) in [5.74, 6) is 0.200. The van der Waals surface area contributed by atoms with E-state index in [4.69, 9.17) is 0 Å². The van der Waals surface area contributed by atoms with Crippen LogP contribution in [-0.2, 0) is 0 Å². The Morgan fingerprint density at radius 3 is 2.57 bits per heavy atom. The molecule has 1 aromatic carbocycles. The minimum Gasteiger partial charge on any atom is -0.294 e. The summed E-state index contributed by atoms with van der Waals surface area (Å²) < 4.78 is 0.991. The third-order valence-corrected chi connectivity index (χ3v) is 2.63. The van der Waals surface area contributed by atoms with Gasteiger partial charge in [0.25, 0.3) is 0 Å². The quantitative estimate of drug-likeness (QED) is 0.588. The van der Waals surface area contributed by atoms with Gasteiger partial charge in [0, 0.05) is 16.0 Å². The molecule has 1 nitrogen and oxygen atoms in total. The van der Waals surface area contributed by atoms with E-state index in [9.17, 15) is 4.79 Å². The van der Waals surface area contributed by atoms with Crippen molar-refractivity contribution in [1.29, 1.82) is 0 Å². The molecule has 74 valence electrons. The highest BCUT2D eigenvalue weighted by atomic mass is 79.9. The molecule has 1 aromatic rings. The van der Waals surface area contributed by atoms with Crippen LogP contribution in [0.25, 0.3) is 0 Å². The van der Waals surface area contributed by atoms with Crippen molar-refractivity contribution >= 4 is 21.7 Å². The second-order valence-corrected chi connectivity index (χ2v) is 4.21. The molecule has 1 rings (SSSR count). The summed E-state index contributed by atoms with van der Waals surface area (Å²) in [4.78, 5) is 11.8. The number of rotatable bonds is 4. The van der Waals surface area contributed by atoms with Crippen molar-refractivity contribution in [2.45, 2.75) is 13.3 Å². The Morgan fingerprint density at radius 2 is 2.07 bits per heavy atom. The fourth-order valence-electron chi connectivity index (χ4n) is 1.26. The Morgan fingerprint density at radius 1 is 1.50 bits per heavy atom. The first kappa shape index (κ1) is 11.2. The van der Waals surface area contributed by atoms with E-state index in [1.807, 2.05) is 31.2 Å². The highest BCUT2D eigenvalue weighted by Gasteiger charge is 2.12. The number of hydrogen-bond acceptors (Lipinski definition) is 1. The molecule has 0 bridgehead atoms. The average molecular weight is 253 g/mol. The first-order valence-electron chi connectivity index (χ1n) is 4.56. The smallest absolute Gasteiger partial charge is 0.165 e. The summed E-state index contributed by atoms with van der Waals surface area (Å²) in [7, 11) is 0. The monoisotopic (exact) mass is 252 g/mol. The zero-order chi connectivity index (χ0) is 10.6. The highest BCUT2D eigenvalue weighted by molar-refractivity contribution is 9.10. The van der Waals surface area contributed by atoms with Crippen LogP contribution in [0.4, 0.5) is 0 Å². The van der Waals surface area contributed by atoms with Crippen molar-refractivity contribution < 1.29 is 4.79 Å². The molecule has 0 heterocycles. The third kappa shape index (κ3) is 2.81.